The van der Waals surface area contributed by atoms with E-state index in [4.69, 9.17) is 4.74 Å². The molecule has 6 nitrogen and oxygen atoms in total. The van der Waals surface area contributed by atoms with Crippen molar-refractivity contribution >= 4 is 29.4 Å². The molecule has 1 fully saturated rings. The Morgan fingerprint density at radius 1 is 1.00 bits per heavy atom. The third-order valence-electron chi connectivity index (χ3n) is 5.26. The smallest absolute Gasteiger partial charge is 0.314 e. The van der Waals surface area contributed by atoms with Crippen LogP contribution in [0.25, 0.3) is 6.08 Å². The number of carbonyl (C=O) groups is 3. The normalized spacial score (nSPS) is 14.4. The summed E-state index contributed by atoms with van der Waals surface area (Å²) in [4.78, 5) is 36.0. The van der Waals surface area contributed by atoms with Gasteiger partial charge in [0.15, 0.2) is 5.78 Å². The van der Waals surface area contributed by atoms with Crippen LogP contribution in [0.5, 0.6) is 5.75 Å². The largest absolute Gasteiger partial charge is 0.426 e. The van der Waals surface area contributed by atoms with Crippen molar-refractivity contribution in [3.8, 4) is 11.8 Å². The van der Waals surface area contributed by atoms with Crippen LogP contribution in [0.15, 0.2) is 54.1 Å². The van der Waals surface area contributed by atoms with Gasteiger partial charge in [-0.3, -0.25) is 14.4 Å². The van der Waals surface area contributed by atoms with E-state index in [9.17, 15) is 19.6 Å². The van der Waals surface area contributed by atoms with Crippen molar-refractivity contribution in [1.29, 1.82) is 5.26 Å². The number of anilines is 1. The molecular weight excluding hydrogens is 392 g/mol. The number of hydrogen-bond acceptors (Lipinski definition) is 5. The SMILES string of the molecule is CC(=O)c1ccc(NC(=O)/C(C#N)=C/c2ccc(OC(=O)C3CCCCC3)cc2)cc1. The first kappa shape index (κ1) is 22.0. The summed E-state index contributed by atoms with van der Waals surface area (Å²) in [6.07, 6.45) is 6.50. The number of nitriles is 1. The summed E-state index contributed by atoms with van der Waals surface area (Å²) in [7, 11) is 0. The maximum Gasteiger partial charge on any atom is 0.314 e. The molecule has 1 saturated carbocycles. The molecule has 1 amide bonds. The first-order valence-corrected chi connectivity index (χ1v) is 10.3. The Bertz CT molecular complexity index is 1020. The Morgan fingerprint density at radius 3 is 2.23 bits per heavy atom. The molecule has 158 valence electrons. The van der Waals surface area contributed by atoms with E-state index in [2.05, 4.69) is 5.32 Å². The number of amides is 1. The monoisotopic (exact) mass is 416 g/mol. The quantitative estimate of drug-likeness (QED) is 0.237. The maximum atomic E-state index is 12.4. The molecule has 0 radical (unpaired) electrons. The summed E-state index contributed by atoms with van der Waals surface area (Å²) in [5.74, 6) is -0.405. The van der Waals surface area contributed by atoms with Gasteiger partial charge in [0.25, 0.3) is 5.91 Å². The molecular formula is C25H24N2O4. The minimum atomic E-state index is -0.550. The van der Waals surface area contributed by atoms with Crippen molar-refractivity contribution in [2.75, 3.05) is 5.32 Å². The van der Waals surface area contributed by atoms with E-state index < -0.39 is 5.91 Å². The number of benzene rings is 2. The fraction of sp³-hybridized carbons (Fsp3) is 0.280. The first-order chi connectivity index (χ1) is 15.0. The van der Waals surface area contributed by atoms with Crippen LogP contribution in [-0.4, -0.2) is 17.7 Å². The molecule has 0 atom stereocenters. The number of esters is 1. The van der Waals surface area contributed by atoms with Gasteiger partial charge in [0.05, 0.1) is 5.92 Å². The van der Waals surface area contributed by atoms with Crippen LogP contribution in [0.2, 0.25) is 0 Å². The average molecular weight is 416 g/mol. The molecule has 0 bridgehead atoms. The summed E-state index contributed by atoms with van der Waals surface area (Å²) in [6.45, 7) is 1.46. The highest BCUT2D eigenvalue weighted by Crippen LogP contribution is 2.26. The number of nitrogens with one attached hydrogen (secondary N) is 1. The van der Waals surface area contributed by atoms with Crippen molar-refractivity contribution in [3.05, 3.63) is 65.2 Å². The number of Topliss-reactive ketones (excluding diaryl/α,β-unsaturated/α-hetero) is 1. The number of nitrogens with zero attached hydrogens (tertiary/aromatic N) is 1. The highest BCUT2D eigenvalue weighted by Gasteiger charge is 2.22. The average Bonchev–Trinajstić information content (AvgIpc) is 2.79. The first-order valence-electron chi connectivity index (χ1n) is 10.3. The maximum absolute atomic E-state index is 12.4. The van der Waals surface area contributed by atoms with Crippen LogP contribution in [-0.2, 0) is 9.59 Å². The number of ketones is 1. The number of rotatable bonds is 6. The topological polar surface area (TPSA) is 96.3 Å². The zero-order valence-corrected chi connectivity index (χ0v) is 17.4. The Balaban J connectivity index is 1.63. The molecule has 2 aromatic rings. The van der Waals surface area contributed by atoms with Crippen molar-refractivity contribution in [1.82, 2.24) is 0 Å². The van der Waals surface area contributed by atoms with Crippen LogP contribution in [0.4, 0.5) is 5.69 Å². The second-order valence-corrected chi connectivity index (χ2v) is 7.58. The lowest BCUT2D eigenvalue weighted by molar-refractivity contribution is -0.140. The molecule has 31 heavy (non-hydrogen) atoms. The summed E-state index contributed by atoms with van der Waals surface area (Å²) in [5, 5.41) is 12.0. The predicted molar refractivity (Wildman–Crippen MR) is 117 cm³/mol. The van der Waals surface area contributed by atoms with Crippen LogP contribution in [0, 0.1) is 17.2 Å². The molecule has 1 N–H and O–H groups in total. The van der Waals surface area contributed by atoms with E-state index in [0.29, 0.717) is 22.6 Å². The zero-order chi connectivity index (χ0) is 22.2. The van der Waals surface area contributed by atoms with Crippen LogP contribution < -0.4 is 10.1 Å². The van der Waals surface area contributed by atoms with E-state index in [0.717, 1.165) is 25.7 Å². The van der Waals surface area contributed by atoms with Gasteiger partial charge in [0, 0.05) is 11.3 Å². The molecule has 6 heteroatoms. The van der Waals surface area contributed by atoms with Gasteiger partial charge in [-0.15, -0.1) is 0 Å². The van der Waals surface area contributed by atoms with Crippen molar-refractivity contribution in [2.24, 2.45) is 5.92 Å². The van der Waals surface area contributed by atoms with Crippen LogP contribution in [0.1, 0.15) is 54.9 Å². The standard InChI is InChI=1S/C25H24N2O4/c1-17(28)19-9-11-22(12-10-19)27-24(29)21(16-26)15-18-7-13-23(14-8-18)31-25(30)20-5-3-2-4-6-20/h7-15,20H,2-6H2,1H3,(H,27,29)/b21-15+. The molecule has 2 aromatic carbocycles. The molecule has 3 rings (SSSR count). The van der Waals surface area contributed by atoms with E-state index in [1.54, 1.807) is 48.5 Å². The zero-order valence-electron chi connectivity index (χ0n) is 17.4. The summed E-state index contributed by atoms with van der Waals surface area (Å²) < 4.78 is 5.47. The minimum absolute atomic E-state index is 0.0354. The second kappa shape index (κ2) is 10.4. The fourth-order valence-electron chi connectivity index (χ4n) is 3.47. The van der Waals surface area contributed by atoms with Crippen LogP contribution in [0.3, 0.4) is 0 Å². The summed E-state index contributed by atoms with van der Waals surface area (Å²) in [5.41, 5.74) is 1.60. The molecule has 0 heterocycles. The Kier molecular flexibility index (Phi) is 7.34. The number of ether oxygens (including phenoxy) is 1. The molecule has 0 spiro atoms. The second-order valence-electron chi connectivity index (χ2n) is 7.58. The van der Waals surface area contributed by atoms with E-state index >= 15 is 0 Å². The summed E-state index contributed by atoms with van der Waals surface area (Å²) in [6, 6.07) is 15.0. The summed E-state index contributed by atoms with van der Waals surface area (Å²) >= 11 is 0. The van der Waals surface area contributed by atoms with Gasteiger partial charge >= 0.3 is 5.97 Å². The van der Waals surface area contributed by atoms with Crippen molar-refractivity contribution < 1.29 is 19.1 Å². The van der Waals surface area contributed by atoms with Gasteiger partial charge in [-0.2, -0.15) is 5.26 Å². The molecule has 0 aromatic heterocycles. The minimum Gasteiger partial charge on any atom is -0.426 e. The third-order valence-corrected chi connectivity index (χ3v) is 5.26. The molecule has 1 aliphatic rings. The molecule has 0 aliphatic heterocycles. The van der Waals surface area contributed by atoms with Gasteiger partial charge in [-0.25, -0.2) is 0 Å². The third kappa shape index (κ3) is 6.13. The lowest BCUT2D eigenvalue weighted by atomic mass is 9.89. The molecule has 0 unspecified atom stereocenters. The highest BCUT2D eigenvalue weighted by molar-refractivity contribution is 6.09. The Hall–Kier alpha value is -3.72. The molecule has 1 aliphatic carbocycles. The van der Waals surface area contributed by atoms with Crippen molar-refractivity contribution in [3.63, 3.8) is 0 Å². The number of carbonyl (C=O) groups excluding carboxylic acids is 3. The van der Waals surface area contributed by atoms with E-state index in [-0.39, 0.29) is 23.2 Å². The van der Waals surface area contributed by atoms with Crippen molar-refractivity contribution in [2.45, 2.75) is 39.0 Å². The van der Waals surface area contributed by atoms with Gasteiger partial charge in [-0.1, -0.05) is 31.4 Å². The Morgan fingerprint density at radius 2 is 1.65 bits per heavy atom. The molecule has 0 saturated heterocycles. The van der Waals surface area contributed by atoms with Crippen LogP contribution >= 0.6 is 0 Å². The van der Waals surface area contributed by atoms with E-state index in [1.807, 2.05) is 6.07 Å². The van der Waals surface area contributed by atoms with Gasteiger partial charge in [0.1, 0.15) is 17.4 Å². The highest BCUT2D eigenvalue weighted by atomic mass is 16.5. The van der Waals surface area contributed by atoms with Gasteiger partial charge < -0.3 is 10.1 Å². The Labute approximate surface area is 181 Å². The van der Waals surface area contributed by atoms with Gasteiger partial charge in [-0.05, 0) is 67.8 Å². The lowest BCUT2D eigenvalue weighted by Crippen LogP contribution is -2.22. The van der Waals surface area contributed by atoms with Gasteiger partial charge in [0.2, 0.25) is 0 Å². The predicted octanol–water partition coefficient (Wildman–Crippen LogP) is 4.92. The lowest BCUT2D eigenvalue weighted by Gasteiger charge is -2.19. The fourth-order valence-corrected chi connectivity index (χ4v) is 3.47. The van der Waals surface area contributed by atoms with E-state index in [1.165, 1.54) is 19.4 Å². The number of hydrogen-bond donors (Lipinski definition) is 1.